The SMILES string of the molecule is Cc1nc(S(=O)(=O)N2CCC(C(=O)N(C)Cc3ccccc3C(F)(F)F)CC2)cn1C. The van der Waals surface area contributed by atoms with Crippen molar-refractivity contribution in [2.45, 2.75) is 37.5 Å². The molecule has 0 radical (unpaired) electrons. The number of hydrogen-bond acceptors (Lipinski definition) is 4. The molecule has 0 saturated carbocycles. The number of aryl methyl sites for hydroxylation is 2. The fourth-order valence-electron chi connectivity index (χ4n) is 3.71. The van der Waals surface area contributed by atoms with E-state index in [1.54, 1.807) is 18.5 Å². The highest BCUT2D eigenvalue weighted by atomic mass is 32.2. The van der Waals surface area contributed by atoms with Gasteiger partial charge in [-0.25, -0.2) is 13.4 Å². The third-order valence-corrected chi connectivity index (χ3v) is 7.37. The zero-order valence-corrected chi connectivity index (χ0v) is 18.4. The molecule has 0 N–H and O–H groups in total. The van der Waals surface area contributed by atoms with Gasteiger partial charge in [0.15, 0.2) is 5.03 Å². The van der Waals surface area contributed by atoms with Gasteiger partial charge in [0.2, 0.25) is 5.91 Å². The van der Waals surface area contributed by atoms with Crippen LogP contribution in [0.2, 0.25) is 0 Å². The lowest BCUT2D eigenvalue weighted by atomic mass is 9.96. The maximum atomic E-state index is 13.2. The summed E-state index contributed by atoms with van der Waals surface area (Å²) in [4.78, 5) is 18.2. The van der Waals surface area contributed by atoms with E-state index in [1.807, 2.05) is 0 Å². The van der Waals surface area contributed by atoms with Gasteiger partial charge < -0.3 is 9.47 Å². The molecule has 11 heteroatoms. The highest BCUT2D eigenvalue weighted by Gasteiger charge is 2.36. The van der Waals surface area contributed by atoms with Crippen LogP contribution in [-0.2, 0) is 34.6 Å². The number of halogens is 3. The number of alkyl halides is 3. The summed E-state index contributed by atoms with van der Waals surface area (Å²) in [6.07, 6.45) is -2.44. The van der Waals surface area contributed by atoms with Gasteiger partial charge in [-0.2, -0.15) is 17.5 Å². The number of imidazole rings is 1. The molecule has 31 heavy (non-hydrogen) atoms. The van der Waals surface area contributed by atoms with E-state index in [9.17, 15) is 26.4 Å². The Morgan fingerprint density at radius 1 is 1.23 bits per heavy atom. The largest absolute Gasteiger partial charge is 0.416 e. The van der Waals surface area contributed by atoms with Crippen LogP contribution in [0.4, 0.5) is 13.2 Å². The molecule has 7 nitrogen and oxygen atoms in total. The van der Waals surface area contributed by atoms with E-state index in [0.29, 0.717) is 18.7 Å². The maximum absolute atomic E-state index is 13.2. The van der Waals surface area contributed by atoms with Crippen molar-refractivity contribution in [3.8, 4) is 0 Å². The Bertz CT molecular complexity index is 1040. The predicted molar refractivity (Wildman–Crippen MR) is 107 cm³/mol. The first kappa shape index (κ1) is 23.3. The molecule has 0 unspecified atom stereocenters. The van der Waals surface area contributed by atoms with Gasteiger partial charge in [-0.15, -0.1) is 0 Å². The van der Waals surface area contributed by atoms with Crippen LogP contribution in [0.15, 0.2) is 35.5 Å². The molecular weight excluding hydrogens is 433 g/mol. The summed E-state index contributed by atoms with van der Waals surface area (Å²) in [6, 6.07) is 5.17. The molecular formula is C20H25F3N4O3S. The van der Waals surface area contributed by atoms with Gasteiger partial charge in [0.05, 0.1) is 5.56 Å². The van der Waals surface area contributed by atoms with E-state index >= 15 is 0 Å². The number of carbonyl (C=O) groups excluding carboxylic acids is 1. The molecule has 1 saturated heterocycles. The first-order chi connectivity index (χ1) is 14.4. The predicted octanol–water partition coefficient (Wildman–Crippen LogP) is 2.81. The minimum absolute atomic E-state index is 0.0244. The van der Waals surface area contributed by atoms with Crippen molar-refractivity contribution in [1.82, 2.24) is 18.8 Å². The van der Waals surface area contributed by atoms with Gasteiger partial charge in [-0.3, -0.25) is 4.79 Å². The van der Waals surface area contributed by atoms with Crippen LogP contribution in [0.5, 0.6) is 0 Å². The Morgan fingerprint density at radius 2 is 1.84 bits per heavy atom. The number of piperidine rings is 1. The van der Waals surface area contributed by atoms with Crippen molar-refractivity contribution < 1.29 is 26.4 Å². The van der Waals surface area contributed by atoms with E-state index < -0.39 is 27.7 Å². The van der Waals surface area contributed by atoms with Gasteiger partial charge in [-0.1, -0.05) is 18.2 Å². The summed E-state index contributed by atoms with van der Waals surface area (Å²) in [5.41, 5.74) is -0.738. The van der Waals surface area contributed by atoms with E-state index in [0.717, 1.165) is 6.07 Å². The quantitative estimate of drug-likeness (QED) is 0.691. The third-order valence-electron chi connectivity index (χ3n) is 5.60. The van der Waals surface area contributed by atoms with Crippen molar-refractivity contribution in [3.63, 3.8) is 0 Å². The molecule has 1 fully saturated rings. The Hall–Kier alpha value is -2.40. The second-order valence-corrected chi connectivity index (χ2v) is 9.65. The topological polar surface area (TPSA) is 75.5 Å². The number of nitrogens with zero attached hydrogens (tertiary/aromatic N) is 4. The number of hydrogen-bond donors (Lipinski definition) is 0. The molecule has 0 bridgehead atoms. The van der Waals surface area contributed by atoms with Crippen molar-refractivity contribution in [3.05, 3.63) is 47.4 Å². The molecule has 2 heterocycles. The monoisotopic (exact) mass is 458 g/mol. The molecule has 1 amide bonds. The fraction of sp³-hybridized carbons (Fsp3) is 0.500. The molecule has 1 aliphatic rings. The zero-order valence-electron chi connectivity index (χ0n) is 17.6. The summed E-state index contributed by atoms with van der Waals surface area (Å²) in [6.45, 7) is 1.85. The zero-order chi connectivity index (χ0) is 23.0. The number of carbonyl (C=O) groups is 1. The first-order valence-electron chi connectivity index (χ1n) is 9.81. The molecule has 0 aliphatic carbocycles. The average Bonchev–Trinajstić information content (AvgIpc) is 3.06. The number of aromatic nitrogens is 2. The summed E-state index contributed by atoms with van der Waals surface area (Å²) in [5.74, 6) is -0.160. The van der Waals surface area contributed by atoms with Crippen LogP contribution in [-0.4, -0.2) is 53.2 Å². The molecule has 3 rings (SSSR count). The highest BCUT2D eigenvalue weighted by Crippen LogP contribution is 2.33. The van der Waals surface area contributed by atoms with Crippen LogP contribution in [0.25, 0.3) is 0 Å². The molecule has 1 aromatic carbocycles. The summed E-state index contributed by atoms with van der Waals surface area (Å²) < 4.78 is 68.1. The lowest BCUT2D eigenvalue weighted by Crippen LogP contribution is -2.43. The fourth-order valence-corrected chi connectivity index (χ4v) is 5.20. The minimum atomic E-state index is -4.50. The minimum Gasteiger partial charge on any atom is -0.341 e. The molecule has 1 aromatic heterocycles. The van der Waals surface area contributed by atoms with Crippen molar-refractivity contribution in [2.75, 3.05) is 20.1 Å². The van der Waals surface area contributed by atoms with Crippen molar-refractivity contribution in [2.24, 2.45) is 13.0 Å². The van der Waals surface area contributed by atoms with E-state index in [-0.39, 0.29) is 36.1 Å². The summed E-state index contributed by atoms with van der Waals surface area (Å²) in [5, 5.41) is -0.0295. The van der Waals surface area contributed by atoms with E-state index in [1.165, 1.54) is 40.6 Å². The normalized spacial score (nSPS) is 16.5. The number of benzene rings is 1. The Balaban J connectivity index is 1.64. The first-order valence-corrected chi connectivity index (χ1v) is 11.3. The van der Waals surface area contributed by atoms with Gasteiger partial charge in [0.25, 0.3) is 10.0 Å². The molecule has 170 valence electrons. The summed E-state index contributed by atoms with van der Waals surface area (Å²) in [7, 11) is -0.577. The molecule has 1 aliphatic heterocycles. The third kappa shape index (κ3) is 4.93. The van der Waals surface area contributed by atoms with Gasteiger partial charge >= 0.3 is 6.18 Å². The van der Waals surface area contributed by atoms with Gasteiger partial charge in [0.1, 0.15) is 5.82 Å². The Kier molecular flexibility index (Phi) is 6.47. The van der Waals surface area contributed by atoms with Crippen LogP contribution < -0.4 is 0 Å². The van der Waals surface area contributed by atoms with Crippen LogP contribution in [0.1, 0.15) is 29.8 Å². The highest BCUT2D eigenvalue weighted by molar-refractivity contribution is 7.89. The Labute approximate surface area is 179 Å². The van der Waals surface area contributed by atoms with Gasteiger partial charge in [-0.05, 0) is 31.4 Å². The smallest absolute Gasteiger partial charge is 0.341 e. The summed E-state index contributed by atoms with van der Waals surface area (Å²) >= 11 is 0. The van der Waals surface area contributed by atoms with E-state index in [2.05, 4.69) is 4.98 Å². The average molecular weight is 459 g/mol. The second-order valence-electron chi connectivity index (χ2n) is 7.76. The van der Waals surface area contributed by atoms with Crippen LogP contribution in [0.3, 0.4) is 0 Å². The standard InChI is InChI=1S/C20H25F3N4O3S/c1-14-24-18(13-25(14)2)31(29,30)27-10-8-15(9-11-27)19(28)26(3)12-16-6-4-5-7-17(16)20(21,22)23/h4-7,13,15H,8-12H2,1-3H3. The maximum Gasteiger partial charge on any atom is 0.416 e. The van der Waals surface area contributed by atoms with Crippen molar-refractivity contribution in [1.29, 1.82) is 0 Å². The Morgan fingerprint density at radius 3 is 2.39 bits per heavy atom. The van der Waals surface area contributed by atoms with Crippen LogP contribution in [0, 0.1) is 12.8 Å². The van der Waals surface area contributed by atoms with Crippen molar-refractivity contribution >= 4 is 15.9 Å². The lowest BCUT2D eigenvalue weighted by Gasteiger charge is -2.32. The van der Waals surface area contributed by atoms with Crippen LogP contribution >= 0.6 is 0 Å². The number of sulfonamides is 1. The van der Waals surface area contributed by atoms with E-state index in [4.69, 9.17) is 0 Å². The molecule has 2 aromatic rings. The number of amides is 1. The van der Waals surface area contributed by atoms with Gasteiger partial charge in [0, 0.05) is 45.8 Å². The molecule has 0 atom stereocenters. The molecule has 0 spiro atoms. The lowest BCUT2D eigenvalue weighted by molar-refractivity contribution is -0.140. The second kappa shape index (κ2) is 8.62. The number of rotatable bonds is 5.